The van der Waals surface area contributed by atoms with Gasteiger partial charge in [0, 0.05) is 25.8 Å². The van der Waals surface area contributed by atoms with Gasteiger partial charge in [0.15, 0.2) is 0 Å². The van der Waals surface area contributed by atoms with Crippen LogP contribution in [0.4, 0.5) is 13.2 Å². The predicted octanol–water partition coefficient (Wildman–Crippen LogP) is 1.95. The van der Waals surface area contributed by atoms with Crippen molar-refractivity contribution in [2.45, 2.75) is 38.6 Å². The number of carbonyl (C=O) groups excluding carboxylic acids is 1. The molecule has 0 radical (unpaired) electrons. The molecule has 11 heteroatoms. The summed E-state index contributed by atoms with van der Waals surface area (Å²) in [7, 11) is 0. The minimum absolute atomic E-state index is 0.0525. The van der Waals surface area contributed by atoms with Gasteiger partial charge in [-0.3, -0.25) is 19.7 Å². The molecule has 0 aliphatic carbocycles. The molecule has 2 N–H and O–H groups in total. The summed E-state index contributed by atoms with van der Waals surface area (Å²) in [6.45, 7) is 9.59. The molecule has 31 heavy (non-hydrogen) atoms. The molecule has 1 aromatic heterocycles. The molecule has 3 heterocycles. The third-order valence-corrected chi connectivity index (χ3v) is 5.13. The van der Waals surface area contributed by atoms with Crippen molar-refractivity contribution >= 4 is 11.9 Å². The van der Waals surface area contributed by atoms with E-state index in [0.29, 0.717) is 25.2 Å². The highest BCUT2D eigenvalue weighted by Crippen LogP contribution is 2.31. The van der Waals surface area contributed by atoms with Crippen molar-refractivity contribution in [3.63, 3.8) is 0 Å². The van der Waals surface area contributed by atoms with Crippen molar-refractivity contribution in [1.82, 2.24) is 20.2 Å². The second-order valence-corrected chi connectivity index (χ2v) is 7.57. The van der Waals surface area contributed by atoms with Gasteiger partial charge in [0.2, 0.25) is 5.91 Å². The van der Waals surface area contributed by atoms with E-state index in [1.54, 1.807) is 12.4 Å². The van der Waals surface area contributed by atoms with Gasteiger partial charge in [-0.25, -0.2) is 4.79 Å². The Morgan fingerprint density at radius 3 is 2.68 bits per heavy atom. The number of hydrogen-bond donors (Lipinski definition) is 2. The number of nitrogens with zero attached hydrogens (tertiary/aromatic N) is 3. The van der Waals surface area contributed by atoms with E-state index in [2.05, 4.69) is 26.8 Å². The number of halogens is 3. The number of nitrogens with one attached hydrogen (secondary N) is 1. The highest BCUT2D eigenvalue weighted by Gasteiger charge is 2.38. The summed E-state index contributed by atoms with van der Waals surface area (Å²) >= 11 is 0. The molecule has 0 saturated carbocycles. The Morgan fingerprint density at radius 1 is 1.39 bits per heavy atom. The van der Waals surface area contributed by atoms with Crippen molar-refractivity contribution in [2.75, 3.05) is 26.2 Å². The smallest absolute Gasteiger partial charge is 0.475 e. The van der Waals surface area contributed by atoms with Crippen LogP contribution in [-0.4, -0.2) is 70.4 Å². The average Bonchev–Trinajstić information content (AvgIpc) is 2.72. The summed E-state index contributed by atoms with van der Waals surface area (Å²) in [5.74, 6) is -2.35. The van der Waals surface area contributed by atoms with Crippen LogP contribution in [0.3, 0.4) is 0 Å². The van der Waals surface area contributed by atoms with Crippen LogP contribution in [0, 0.1) is 18.8 Å². The largest absolute Gasteiger partial charge is 0.490 e. The van der Waals surface area contributed by atoms with Gasteiger partial charge >= 0.3 is 12.1 Å². The van der Waals surface area contributed by atoms with Crippen LogP contribution in [0.15, 0.2) is 25.0 Å². The van der Waals surface area contributed by atoms with Crippen molar-refractivity contribution in [2.24, 2.45) is 11.8 Å². The molecule has 0 bridgehead atoms. The van der Waals surface area contributed by atoms with E-state index >= 15 is 0 Å². The molecule has 172 valence electrons. The Balaban J connectivity index is 0.000000423. The molecule has 3 atom stereocenters. The molecule has 8 nitrogen and oxygen atoms in total. The number of amides is 1. The summed E-state index contributed by atoms with van der Waals surface area (Å²) < 4.78 is 37.7. The number of carbonyl (C=O) groups is 2. The average molecular weight is 444 g/mol. The zero-order valence-corrected chi connectivity index (χ0v) is 17.3. The van der Waals surface area contributed by atoms with E-state index < -0.39 is 12.1 Å². The fraction of sp³-hybridized carbons (Fsp3) is 0.600. The van der Waals surface area contributed by atoms with Crippen molar-refractivity contribution in [3.8, 4) is 0 Å². The number of carboxylic acid groups (broad SMARTS) is 1. The lowest BCUT2D eigenvalue weighted by atomic mass is 9.83. The molecular weight excluding hydrogens is 417 g/mol. The van der Waals surface area contributed by atoms with E-state index in [0.717, 1.165) is 43.9 Å². The van der Waals surface area contributed by atoms with E-state index in [4.69, 9.17) is 14.6 Å². The normalized spacial score (nSPS) is 23.7. The minimum Gasteiger partial charge on any atom is -0.475 e. The van der Waals surface area contributed by atoms with Gasteiger partial charge in [0.25, 0.3) is 0 Å². The third-order valence-electron chi connectivity index (χ3n) is 5.13. The number of piperidine rings is 1. The molecule has 0 spiro atoms. The van der Waals surface area contributed by atoms with Gasteiger partial charge < -0.3 is 15.2 Å². The maximum absolute atomic E-state index is 12.5. The lowest BCUT2D eigenvalue weighted by Gasteiger charge is -2.42. The summed E-state index contributed by atoms with van der Waals surface area (Å²) in [4.78, 5) is 32.2. The van der Waals surface area contributed by atoms with E-state index in [-0.39, 0.29) is 11.8 Å². The summed E-state index contributed by atoms with van der Waals surface area (Å²) in [5, 5.41) is 10.1. The first-order valence-electron chi connectivity index (χ1n) is 9.90. The number of carboxylic acids is 1. The van der Waals surface area contributed by atoms with E-state index in [9.17, 15) is 18.0 Å². The second kappa shape index (κ2) is 11.2. The van der Waals surface area contributed by atoms with Crippen LogP contribution in [0.2, 0.25) is 0 Å². The number of likely N-dealkylation sites (tertiary alicyclic amines) is 1. The lowest BCUT2D eigenvalue weighted by Crippen LogP contribution is -2.50. The first-order chi connectivity index (χ1) is 14.6. The fourth-order valence-electron chi connectivity index (χ4n) is 3.57. The Bertz CT molecular complexity index is 758. The van der Waals surface area contributed by atoms with Gasteiger partial charge in [0.1, 0.15) is 0 Å². The maximum atomic E-state index is 12.5. The zero-order valence-electron chi connectivity index (χ0n) is 17.3. The van der Waals surface area contributed by atoms with Crippen LogP contribution in [0.1, 0.15) is 24.2 Å². The van der Waals surface area contributed by atoms with Gasteiger partial charge in [-0.05, 0) is 25.7 Å². The fourth-order valence-corrected chi connectivity index (χ4v) is 3.57. The Hall–Kier alpha value is -2.53. The number of ether oxygens (including phenoxy) is 1. The Kier molecular flexibility index (Phi) is 8.93. The first kappa shape index (κ1) is 24.7. The van der Waals surface area contributed by atoms with Crippen LogP contribution >= 0.6 is 0 Å². The molecule has 0 aromatic carbocycles. The van der Waals surface area contributed by atoms with Gasteiger partial charge in [-0.15, -0.1) is 6.58 Å². The van der Waals surface area contributed by atoms with Crippen LogP contribution in [0.25, 0.3) is 0 Å². The molecule has 1 amide bonds. The summed E-state index contributed by atoms with van der Waals surface area (Å²) in [6, 6.07) is 0. The standard InChI is InChI=1S/C18H26N4O2.C2HF3O2/c1-3-5-22-6-4-17-14(11-22)7-15(12-24-17)18(23)21-10-16-9-19-13(2)8-20-16;3-2(4,5)1(6)7/h3,8-9,14-15,17H,1,4-7,10-12H2,2H3,(H,21,23);(H,6,7)/t14-,15-,17+;/m1./s1. The molecule has 2 saturated heterocycles. The molecular formula is C20H27F3N4O4. The Morgan fingerprint density at radius 2 is 2.10 bits per heavy atom. The number of hydrogen-bond acceptors (Lipinski definition) is 6. The first-order valence-corrected chi connectivity index (χ1v) is 9.90. The summed E-state index contributed by atoms with van der Waals surface area (Å²) in [6.07, 6.45) is 2.52. The highest BCUT2D eigenvalue weighted by atomic mass is 19.4. The van der Waals surface area contributed by atoms with Crippen molar-refractivity contribution in [3.05, 3.63) is 36.4 Å². The van der Waals surface area contributed by atoms with Crippen molar-refractivity contribution < 1.29 is 32.6 Å². The number of alkyl halides is 3. The Labute approximate surface area is 178 Å². The summed E-state index contributed by atoms with van der Waals surface area (Å²) in [5.41, 5.74) is 1.65. The zero-order chi connectivity index (χ0) is 23.0. The minimum atomic E-state index is -5.08. The van der Waals surface area contributed by atoms with Gasteiger partial charge in [-0.2, -0.15) is 13.2 Å². The SMILES string of the molecule is C=CCN1CC[C@@H]2OC[C@H](C(=O)NCc3cnc(C)cn3)C[C@@H]2C1.O=C(O)C(F)(F)F. The second-order valence-electron chi connectivity index (χ2n) is 7.57. The maximum Gasteiger partial charge on any atom is 0.490 e. The van der Waals surface area contributed by atoms with Gasteiger partial charge in [0.05, 0.1) is 42.8 Å². The number of aromatic nitrogens is 2. The lowest BCUT2D eigenvalue weighted by molar-refractivity contribution is -0.192. The van der Waals surface area contributed by atoms with Crippen LogP contribution < -0.4 is 5.32 Å². The number of fused-ring (bicyclic) bond motifs is 1. The molecule has 1 aromatic rings. The molecule has 2 aliphatic rings. The van der Waals surface area contributed by atoms with Crippen LogP contribution in [-0.2, 0) is 20.9 Å². The third kappa shape index (κ3) is 7.91. The highest BCUT2D eigenvalue weighted by molar-refractivity contribution is 5.78. The molecule has 2 aliphatic heterocycles. The number of aliphatic carboxylic acids is 1. The molecule has 2 fully saturated rings. The monoisotopic (exact) mass is 444 g/mol. The predicted molar refractivity (Wildman–Crippen MR) is 105 cm³/mol. The van der Waals surface area contributed by atoms with E-state index in [1.807, 2.05) is 13.0 Å². The van der Waals surface area contributed by atoms with Crippen molar-refractivity contribution in [1.29, 1.82) is 0 Å². The molecule has 3 rings (SSSR count). The number of aryl methyl sites for hydroxylation is 1. The topological polar surface area (TPSA) is 105 Å². The molecule has 0 unspecified atom stereocenters. The quantitative estimate of drug-likeness (QED) is 0.669. The van der Waals surface area contributed by atoms with E-state index in [1.165, 1.54) is 0 Å². The van der Waals surface area contributed by atoms with Crippen LogP contribution in [0.5, 0.6) is 0 Å². The number of rotatable bonds is 5. The van der Waals surface area contributed by atoms with Gasteiger partial charge in [-0.1, -0.05) is 6.08 Å².